The van der Waals surface area contributed by atoms with Gasteiger partial charge in [0.1, 0.15) is 11.4 Å². The molecule has 2 aromatic heterocycles. The number of carbonyl (C=O) groups is 1. The maximum atomic E-state index is 12.7. The van der Waals surface area contributed by atoms with Crippen LogP contribution in [0.4, 0.5) is 0 Å². The predicted octanol–water partition coefficient (Wildman–Crippen LogP) is 1.75. The number of hydrogen-bond acceptors (Lipinski definition) is 6. The summed E-state index contributed by atoms with van der Waals surface area (Å²) in [6.45, 7) is 0.803. The molecule has 0 bridgehead atoms. The Kier molecular flexibility index (Phi) is 5.33. The minimum Gasteiger partial charge on any atom is -0.496 e. The molecule has 3 heterocycles. The quantitative estimate of drug-likeness (QED) is 0.711. The van der Waals surface area contributed by atoms with Gasteiger partial charge in [0.25, 0.3) is 5.56 Å². The zero-order chi connectivity index (χ0) is 20.2. The van der Waals surface area contributed by atoms with E-state index in [0.29, 0.717) is 48.6 Å². The molecule has 0 atom stereocenters. The van der Waals surface area contributed by atoms with E-state index < -0.39 is 0 Å². The molecule has 1 aromatic carbocycles. The molecule has 4 rings (SSSR count). The third kappa shape index (κ3) is 4.01. The van der Waals surface area contributed by atoms with E-state index in [-0.39, 0.29) is 18.0 Å². The lowest BCUT2D eigenvalue weighted by Crippen LogP contribution is -2.39. The van der Waals surface area contributed by atoms with Crippen molar-refractivity contribution in [3.8, 4) is 17.3 Å². The topological polar surface area (TPSA) is 101 Å². The third-order valence-electron chi connectivity index (χ3n) is 5.03. The first-order chi connectivity index (χ1) is 14.2. The first-order valence-electron chi connectivity index (χ1n) is 9.44. The second-order valence-electron chi connectivity index (χ2n) is 6.81. The number of hydrogen-bond donors (Lipinski definition) is 1. The van der Waals surface area contributed by atoms with Gasteiger partial charge in [0, 0.05) is 31.8 Å². The van der Waals surface area contributed by atoms with E-state index in [4.69, 9.17) is 4.74 Å². The number of benzene rings is 1. The fourth-order valence-corrected chi connectivity index (χ4v) is 3.49. The number of nitrogens with one attached hydrogen (secondary N) is 1. The maximum Gasteiger partial charge on any atom is 0.256 e. The molecule has 1 amide bonds. The summed E-state index contributed by atoms with van der Waals surface area (Å²) >= 11 is 0. The van der Waals surface area contributed by atoms with Crippen LogP contribution in [0.3, 0.4) is 0 Å². The zero-order valence-corrected chi connectivity index (χ0v) is 16.1. The summed E-state index contributed by atoms with van der Waals surface area (Å²) in [5.74, 6) is 1.19. The van der Waals surface area contributed by atoms with Crippen LogP contribution in [-0.2, 0) is 24.2 Å². The van der Waals surface area contributed by atoms with Crippen LogP contribution in [0.1, 0.15) is 23.2 Å². The highest BCUT2D eigenvalue weighted by atomic mass is 16.5. The van der Waals surface area contributed by atoms with Crippen LogP contribution < -0.4 is 10.3 Å². The van der Waals surface area contributed by atoms with Crippen molar-refractivity contribution in [3.05, 3.63) is 70.0 Å². The van der Waals surface area contributed by atoms with Crippen LogP contribution in [0.15, 0.2) is 47.7 Å². The molecular formula is C21H21N5O3. The molecule has 29 heavy (non-hydrogen) atoms. The van der Waals surface area contributed by atoms with Crippen molar-refractivity contribution in [2.75, 3.05) is 13.7 Å². The number of aromatic amines is 1. The lowest BCUT2D eigenvalue weighted by atomic mass is 10.0. The van der Waals surface area contributed by atoms with Gasteiger partial charge in [-0.15, -0.1) is 0 Å². The van der Waals surface area contributed by atoms with Gasteiger partial charge in [-0.1, -0.05) is 18.2 Å². The molecule has 0 aliphatic carbocycles. The number of methoxy groups -OCH3 is 1. The molecule has 0 radical (unpaired) electrons. The van der Waals surface area contributed by atoms with Gasteiger partial charge in [-0.05, 0) is 18.1 Å². The standard InChI is InChI=1S/C21H21N5O3/c1-29-18-5-3-2-4-14(18)6-7-19(27)26-11-8-16-15(13-26)21(28)25-20(24-16)17-12-22-9-10-23-17/h2-5,9-10,12H,6-8,11,13H2,1H3,(H,24,25,28). The van der Waals surface area contributed by atoms with E-state index in [1.54, 1.807) is 30.6 Å². The van der Waals surface area contributed by atoms with Crippen molar-refractivity contribution < 1.29 is 9.53 Å². The van der Waals surface area contributed by atoms with Gasteiger partial charge in [0.05, 0.1) is 31.1 Å². The van der Waals surface area contributed by atoms with Gasteiger partial charge in [-0.3, -0.25) is 14.6 Å². The minimum atomic E-state index is -0.238. The van der Waals surface area contributed by atoms with Gasteiger partial charge in [-0.2, -0.15) is 0 Å². The Labute approximate surface area is 167 Å². The van der Waals surface area contributed by atoms with Gasteiger partial charge < -0.3 is 14.6 Å². The number of aromatic nitrogens is 4. The SMILES string of the molecule is COc1ccccc1CCC(=O)N1CCc2nc(-c3cnccn3)[nH]c(=O)c2C1. The van der Waals surface area contributed by atoms with Crippen LogP contribution in [0.2, 0.25) is 0 Å². The molecule has 0 saturated heterocycles. The van der Waals surface area contributed by atoms with Crippen LogP contribution in [0, 0.1) is 0 Å². The molecule has 8 heteroatoms. The Morgan fingerprint density at radius 2 is 2.14 bits per heavy atom. The Hall–Kier alpha value is -3.55. The largest absolute Gasteiger partial charge is 0.496 e. The lowest BCUT2D eigenvalue weighted by Gasteiger charge is -2.28. The molecule has 148 valence electrons. The molecule has 1 aliphatic rings. The number of H-pyrrole nitrogens is 1. The normalized spacial score (nSPS) is 13.1. The molecule has 8 nitrogen and oxygen atoms in total. The highest BCUT2D eigenvalue weighted by Crippen LogP contribution is 2.21. The fourth-order valence-electron chi connectivity index (χ4n) is 3.49. The Morgan fingerprint density at radius 1 is 1.28 bits per heavy atom. The van der Waals surface area contributed by atoms with Gasteiger partial charge in [0.2, 0.25) is 5.91 Å². The number of ether oxygens (including phenoxy) is 1. The third-order valence-corrected chi connectivity index (χ3v) is 5.03. The van der Waals surface area contributed by atoms with E-state index in [9.17, 15) is 9.59 Å². The number of rotatable bonds is 5. The van der Waals surface area contributed by atoms with E-state index in [1.807, 2.05) is 24.3 Å². The average molecular weight is 391 g/mol. The molecule has 3 aromatic rings. The van der Waals surface area contributed by atoms with Crippen molar-refractivity contribution in [1.29, 1.82) is 0 Å². The van der Waals surface area contributed by atoms with Crippen LogP contribution in [0.25, 0.3) is 11.5 Å². The van der Waals surface area contributed by atoms with Crippen LogP contribution in [0.5, 0.6) is 5.75 Å². The smallest absolute Gasteiger partial charge is 0.256 e. The Bertz CT molecular complexity index is 1080. The van der Waals surface area contributed by atoms with Gasteiger partial charge >= 0.3 is 0 Å². The van der Waals surface area contributed by atoms with Crippen molar-refractivity contribution in [3.63, 3.8) is 0 Å². The molecule has 0 unspecified atom stereocenters. The first-order valence-corrected chi connectivity index (χ1v) is 9.44. The fraction of sp³-hybridized carbons (Fsp3) is 0.286. The first kappa shape index (κ1) is 18.8. The molecule has 1 N–H and O–H groups in total. The van der Waals surface area contributed by atoms with Crippen LogP contribution >= 0.6 is 0 Å². The van der Waals surface area contributed by atoms with Crippen LogP contribution in [-0.4, -0.2) is 44.4 Å². The molecule has 0 spiro atoms. The summed E-state index contributed by atoms with van der Waals surface area (Å²) < 4.78 is 5.34. The molecule has 0 fully saturated rings. The zero-order valence-electron chi connectivity index (χ0n) is 16.1. The summed E-state index contributed by atoms with van der Waals surface area (Å²) in [5, 5.41) is 0. The Balaban J connectivity index is 1.47. The number of fused-ring (bicyclic) bond motifs is 1. The predicted molar refractivity (Wildman–Crippen MR) is 106 cm³/mol. The van der Waals surface area contributed by atoms with E-state index in [1.165, 1.54) is 0 Å². The highest BCUT2D eigenvalue weighted by Gasteiger charge is 2.25. The van der Waals surface area contributed by atoms with Gasteiger partial charge in [0.15, 0.2) is 5.82 Å². The van der Waals surface area contributed by atoms with E-state index >= 15 is 0 Å². The monoisotopic (exact) mass is 391 g/mol. The van der Waals surface area contributed by atoms with Gasteiger partial charge in [-0.25, -0.2) is 9.97 Å². The number of nitrogens with zero attached hydrogens (tertiary/aromatic N) is 4. The summed E-state index contributed by atoms with van der Waals surface area (Å²) in [6, 6.07) is 7.68. The number of aryl methyl sites for hydroxylation is 1. The van der Waals surface area contributed by atoms with Crippen molar-refractivity contribution in [2.45, 2.75) is 25.8 Å². The van der Waals surface area contributed by atoms with Crippen molar-refractivity contribution in [2.24, 2.45) is 0 Å². The maximum absolute atomic E-state index is 12.7. The second kappa shape index (κ2) is 8.22. The molecular weight excluding hydrogens is 370 g/mol. The number of carbonyl (C=O) groups excluding carboxylic acids is 1. The molecule has 0 saturated carbocycles. The highest BCUT2D eigenvalue weighted by molar-refractivity contribution is 5.77. The number of para-hydroxylation sites is 1. The second-order valence-corrected chi connectivity index (χ2v) is 6.81. The minimum absolute atomic E-state index is 0.0129. The van der Waals surface area contributed by atoms with Crippen molar-refractivity contribution in [1.82, 2.24) is 24.8 Å². The number of amides is 1. The summed E-state index contributed by atoms with van der Waals surface area (Å²) in [5.41, 5.74) is 2.52. The average Bonchev–Trinajstić information content (AvgIpc) is 2.78. The van der Waals surface area contributed by atoms with E-state index in [2.05, 4.69) is 19.9 Å². The van der Waals surface area contributed by atoms with E-state index in [0.717, 1.165) is 11.3 Å². The lowest BCUT2D eigenvalue weighted by molar-refractivity contribution is -0.132. The van der Waals surface area contributed by atoms with Crippen molar-refractivity contribution >= 4 is 5.91 Å². The summed E-state index contributed by atoms with van der Waals surface area (Å²) in [7, 11) is 1.62. The summed E-state index contributed by atoms with van der Waals surface area (Å²) in [6.07, 6.45) is 6.16. The molecule has 1 aliphatic heterocycles. The summed E-state index contributed by atoms with van der Waals surface area (Å²) in [4.78, 5) is 42.5. The Morgan fingerprint density at radius 3 is 2.93 bits per heavy atom.